The summed E-state index contributed by atoms with van der Waals surface area (Å²) in [5.41, 5.74) is 9.30. The summed E-state index contributed by atoms with van der Waals surface area (Å²) in [6.07, 6.45) is -0.995. The first-order valence-electron chi connectivity index (χ1n) is 8.43. The summed E-state index contributed by atoms with van der Waals surface area (Å²) in [7, 11) is 0. The molecule has 0 saturated carbocycles. The lowest BCUT2D eigenvalue weighted by molar-refractivity contribution is -0.123. The summed E-state index contributed by atoms with van der Waals surface area (Å²) in [5, 5.41) is 5.19. The van der Waals surface area contributed by atoms with Crippen molar-refractivity contribution in [2.24, 2.45) is 5.73 Å². The van der Waals surface area contributed by atoms with Gasteiger partial charge in [-0.15, -0.1) is 0 Å². The summed E-state index contributed by atoms with van der Waals surface area (Å²) in [5.74, 6) is -1.10. The minimum Gasteiger partial charge on any atom is -0.449 e. The molecule has 0 aliphatic carbocycles. The van der Waals surface area contributed by atoms with Crippen molar-refractivity contribution in [3.8, 4) is 0 Å². The van der Waals surface area contributed by atoms with E-state index in [1.165, 1.54) is 19.1 Å². The molecule has 1 atom stereocenters. The molecule has 0 spiro atoms. The van der Waals surface area contributed by atoms with E-state index in [0.29, 0.717) is 11.4 Å². The predicted molar refractivity (Wildman–Crippen MR) is 104 cm³/mol. The van der Waals surface area contributed by atoms with E-state index >= 15 is 0 Å². The smallest absolute Gasteiger partial charge is 0.338 e. The minimum atomic E-state index is -0.995. The van der Waals surface area contributed by atoms with Crippen LogP contribution in [0, 0.1) is 20.8 Å². The van der Waals surface area contributed by atoms with Gasteiger partial charge in [-0.1, -0.05) is 23.8 Å². The number of esters is 1. The number of hydrogen-bond donors (Lipinski definition) is 3. The third-order valence-corrected chi connectivity index (χ3v) is 3.94. The predicted octanol–water partition coefficient (Wildman–Crippen LogP) is 3.29. The fourth-order valence-electron chi connectivity index (χ4n) is 2.75. The topological polar surface area (TPSA) is 111 Å². The zero-order chi connectivity index (χ0) is 20.1. The fourth-order valence-corrected chi connectivity index (χ4v) is 2.75. The van der Waals surface area contributed by atoms with Gasteiger partial charge in [0.05, 0.1) is 5.56 Å². The second kappa shape index (κ2) is 8.35. The molecule has 27 heavy (non-hydrogen) atoms. The van der Waals surface area contributed by atoms with Gasteiger partial charge < -0.3 is 21.1 Å². The van der Waals surface area contributed by atoms with E-state index in [2.05, 4.69) is 10.6 Å². The van der Waals surface area contributed by atoms with E-state index in [4.69, 9.17) is 10.5 Å². The number of aryl methyl sites for hydroxylation is 3. The van der Waals surface area contributed by atoms with Crippen molar-refractivity contribution in [3.63, 3.8) is 0 Å². The van der Waals surface area contributed by atoms with Gasteiger partial charge in [-0.2, -0.15) is 0 Å². The van der Waals surface area contributed by atoms with Crippen LogP contribution < -0.4 is 16.4 Å². The molecule has 4 N–H and O–H groups in total. The lowest BCUT2D eigenvalue weighted by Gasteiger charge is -2.17. The molecule has 7 nitrogen and oxygen atoms in total. The number of anilines is 2. The van der Waals surface area contributed by atoms with Gasteiger partial charge in [0, 0.05) is 11.4 Å². The van der Waals surface area contributed by atoms with Gasteiger partial charge in [-0.05, 0) is 57.0 Å². The summed E-state index contributed by atoms with van der Waals surface area (Å²) in [4.78, 5) is 35.6. The van der Waals surface area contributed by atoms with Crippen molar-refractivity contribution in [2.45, 2.75) is 33.8 Å². The van der Waals surface area contributed by atoms with Gasteiger partial charge in [0.25, 0.3) is 5.91 Å². The van der Waals surface area contributed by atoms with E-state index in [1.807, 2.05) is 32.9 Å². The largest absolute Gasteiger partial charge is 0.449 e. The van der Waals surface area contributed by atoms with Gasteiger partial charge in [0.2, 0.25) is 0 Å². The Labute approximate surface area is 157 Å². The van der Waals surface area contributed by atoms with Gasteiger partial charge in [-0.25, -0.2) is 9.59 Å². The maximum Gasteiger partial charge on any atom is 0.338 e. The molecule has 3 amide bonds. The highest BCUT2D eigenvalue weighted by Gasteiger charge is 2.20. The number of amides is 3. The average molecular weight is 369 g/mol. The number of primary amides is 1. The second-order valence-electron chi connectivity index (χ2n) is 6.38. The molecule has 0 aliphatic heterocycles. The number of nitrogens with one attached hydrogen (secondary N) is 2. The molecular weight excluding hydrogens is 346 g/mol. The summed E-state index contributed by atoms with van der Waals surface area (Å²) >= 11 is 0. The van der Waals surface area contributed by atoms with Crippen molar-refractivity contribution >= 4 is 29.3 Å². The third-order valence-electron chi connectivity index (χ3n) is 3.94. The summed E-state index contributed by atoms with van der Waals surface area (Å²) in [6, 6.07) is 9.30. The molecular formula is C20H23N3O4. The van der Waals surface area contributed by atoms with E-state index in [0.717, 1.165) is 16.7 Å². The highest BCUT2D eigenvalue weighted by atomic mass is 16.5. The molecule has 0 fully saturated rings. The lowest BCUT2D eigenvalue weighted by atomic mass is 10.0. The maximum absolute atomic E-state index is 12.4. The number of hydrogen-bond acceptors (Lipinski definition) is 4. The lowest BCUT2D eigenvalue weighted by Crippen LogP contribution is -2.30. The standard InChI is InChI=1S/C20H23N3O4/c1-11-8-12(2)17(13(3)9-11)23-18(24)14(4)27-19(25)15-6-5-7-16(10-15)22-20(21)26/h5-10,14H,1-4H3,(H,23,24)(H3,21,22,26)/t14-/m0/s1. The monoisotopic (exact) mass is 369 g/mol. The Hall–Kier alpha value is -3.35. The molecule has 0 radical (unpaired) electrons. The number of nitrogens with two attached hydrogens (primary N) is 1. The van der Waals surface area contributed by atoms with Crippen molar-refractivity contribution in [3.05, 3.63) is 58.7 Å². The van der Waals surface area contributed by atoms with Crippen LogP contribution in [0.1, 0.15) is 34.0 Å². The van der Waals surface area contributed by atoms with E-state index in [9.17, 15) is 14.4 Å². The van der Waals surface area contributed by atoms with Crippen LogP contribution in [0.15, 0.2) is 36.4 Å². The quantitative estimate of drug-likeness (QED) is 0.702. The average Bonchev–Trinajstić information content (AvgIpc) is 2.57. The zero-order valence-electron chi connectivity index (χ0n) is 15.8. The Morgan fingerprint density at radius 1 is 1.00 bits per heavy atom. The van der Waals surface area contributed by atoms with Crippen molar-refractivity contribution < 1.29 is 19.1 Å². The van der Waals surface area contributed by atoms with E-state index in [1.54, 1.807) is 12.1 Å². The molecule has 0 saturated heterocycles. The Bertz CT molecular complexity index is 870. The highest BCUT2D eigenvalue weighted by molar-refractivity contribution is 5.99. The van der Waals surface area contributed by atoms with Gasteiger partial charge in [0.1, 0.15) is 0 Å². The number of ether oxygens (including phenoxy) is 1. The second-order valence-corrected chi connectivity index (χ2v) is 6.38. The first kappa shape index (κ1) is 20.0. The Kier molecular flexibility index (Phi) is 6.18. The van der Waals surface area contributed by atoms with Crippen molar-refractivity contribution in [1.29, 1.82) is 0 Å². The van der Waals surface area contributed by atoms with Crippen LogP contribution >= 0.6 is 0 Å². The molecule has 0 aliphatic rings. The molecule has 142 valence electrons. The number of rotatable bonds is 5. The van der Waals surface area contributed by atoms with Crippen LogP contribution in [0.5, 0.6) is 0 Å². The fraction of sp³-hybridized carbons (Fsp3) is 0.250. The molecule has 2 aromatic rings. The van der Waals surface area contributed by atoms with Crippen LogP contribution in [0.4, 0.5) is 16.2 Å². The Morgan fingerprint density at radius 3 is 2.22 bits per heavy atom. The molecule has 7 heteroatoms. The van der Waals surface area contributed by atoms with Gasteiger partial charge in [-0.3, -0.25) is 4.79 Å². The van der Waals surface area contributed by atoms with Crippen LogP contribution in [0.25, 0.3) is 0 Å². The number of carbonyl (C=O) groups is 3. The van der Waals surface area contributed by atoms with Crippen molar-refractivity contribution in [1.82, 2.24) is 0 Å². The third kappa shape index (κ3) is 5.31. The summed E-state index contributed by atoms with van der Waals surface area (Å²) < 4.78 is 5.24. The molecule has 0 aromatic heterocycles. The molecule has 0 unspecified atom stereocenters. The molecule has 0 bridgehead atoms. The molecule has 2 aromatic carbocycles. The highest BCUT2D eigenvalue weighted by Crippen LogP contribution is 2.22. The van der Waals surface area contributed by atoms with Gasteiger partial charge in [0.15, 0.2) is 6.10 Å². The Morgan fingerprint density at radius 2 is 1.63 bits per heavy atom. The van der Waals surface area contributed by atoms with Crippen LogP contribution in [-0.4, -0.2) is 24.0 Å². The minimum absolute atomic E-state index is 0.198. The Balaban J connectivity index is 2.06. The maximum atomic E-state index is 12.4. The normalized spacial score (nSPS) is 11.4. The van der Waals surface area contributed by atoms with E-state index in [-0.39, 0.29) is 5.56 Å². The first-order chi connectivity index (χ1) is 12.7. The van der Waals surface area contributed by atoms with Crippen LogP contribution in [0.2, 0.25) is 0 Å². The van der Waals surface area contributed by atoms with Crippen molar-refractivity contribution in [2.75, 3.05) is 10.6 Å². The molecule has 2 rings (SSSR count). The van der Waals surface area contributed by atoms with Gasteiger partial charge >= 0.3 is 12.0 Å². The SMILES string of the molecule is Cc1cc(C)c(NC(=O)[C@H](C)OC(=O)c2cccc(NC(N)=O)c2)c(C)c1. The van der Waals surface area contributed by atoms with E-state index < -0.39 is 24.0 Å². The number of carbonyl (C=O) groups excluding carboxylic acids is 3. The summed E-state index contributed by atoms with van der Waals surface area (Å²) in [6.45, 7) is 7.29. The van der Waals surface area contributed by atoms with Crippen LogP contribution in [-0.2, 0) is 9.53 Å². The van der Waals surface area contributed by atoms with Crippen LogP contribution in [0.3, 0.4) is 0 Å². The first-order valence-corrected chi connectivity index (χ1v) is 8.43. The number of urea groups is 1. The molecule has 0 heterocycles. The number of benzene rings is 2. The zero-order valence-corrected chi connectivity index (χ0v) is 15.8.